The molecule has 4 rings (SSSR count). The van der Waals surface area contributed by atoms with Gasteiger partial charge in [-0.15, -0.1) is 0 Å². The smallest absolute Gasteiger partial charge is 0.240 e. The van der Waals surface area contributed by atoms with Gasteiger partial charge in [0.15, 0.2) is 0 Å². The monoisotopic (exact) mass is 590 g/mol. The van der Waals surface area contributed by atoms with Crippen molar-refractivity contribution in [2.75, 3.05) is 30.7 Å². The number of aliphatic hydroxyl groups is 1. The highest BCUT2D eigenvalue weighted by Gasteiger charge is 2.27. The van der Waals surface area contributed by atoms with Crippen LogP contribution in [-0.4, -0.2) is 53.3 Å². The number of aromatic nitrogens is 1. The van der Waals surface area contributed by atoms with E-state index in [4.69, 9.17) is 4.42 Å². The number of hydrogen-bond donors (Lipinski definition) is 3. The molecule has 214 valence electrons. The van der Waals surface area contributed by atoms with Crippen molar-refractivity contribution in [3.8, 4) is 11.3 Å². The van der Waals surface area contributed by atoms with E-state index in [0.29, 0.717) is 28.5 Å². The Morgan fingerprint density at radius 2 is 1.75 bits per heavy atom. The topological polar surface area (TPSA) is 142 Å². The Hall–Kier alpha value is -3.36. The highest BCUT2D eigenvalue weighted by molar-refractivity contribution is 7.92. The molecular formula is C27H31FN4O6S2. The second kappa shape index (κ2) is 12.0. The number of furan rings is 1. The molecule has 1 unspecified atom stereocenters. The van der Waals surface area contributed by atoms with Crippen LogP contribution in [0.2, 0.25) is 0 Å². The van der Waals surface area contributed by atoms with E-state index >= 15 is 0 Å². The van der Waals surface area contributed by atoms with Gasteiger partial charge in [-0.25, -0.2) is 25.9 Å². The number of nitrogens with zero attached hydrogens (tertiary/aromatic N) is 2. The SMILES string of the molecule is CCc1cc2c(C(O)NC)c(-c3ccc(F)cc3)oc2nc1N(CCCNS(=O)(=O)c1ccccc1)S(C)(=O)=O. The van der Waals surface area contributed by atoms with Crippen molar-refractivity contribution in [1.29, 1.82) is 0 Å². The molecule has 0 aliphatic carbocycles. The molecule has 0 aliphatic heterocycles. The summed E-state index contributed by atoms with van der Waals surface area (Å²) in [4.78, 5) is 4.67. The van der Waals surface area contributed by atoms with Crippen LogP contribution in [0.5, 0.6) is 0 Å². The summed E-state index contributed by atoms with van der Waals surface area (Å²) < 4.78 is 74.0. The minimum absolute atomic E-state index is 0.000920. The van der Waals surface area contributed by atoms with Crippen molar-refractivity contribution in [1.82, 2.24) is 15.0 Å². The minimum Gasteiger partial charge on any atom is -0.437 e. The molecule has 0 amide bonds. The van der Waals surface area contributed by atoms with Gasteiger partial charge in [0.2, 0.25) is 25.8 Å². The van der Waals surface area contributed by atoms with Crippen LogP contribution in [0.25, 0.3) is 22.4 Å². The number of anilines is 1. The molecule has 0 saturated heterocycles. The standard InChI is InChI=1S/C27H31FN4O6S2/c1-4-18-17-22-23(26(33)29-2)24(19-11-13-20(28)14-12-19)38-27(22)31-25(18)32(39(3,34)35)16-8-15-30-40(36,37)21-9-6-5-7-10-21/h5-7,9-14,17,26,29-30,33H,4,8,15-16H2,1-3H3. The van der Waals surface area contributed by atoms with E-state index in [1.165, 1.54) is 36.4 Å². The Labute approximate surface area is 233 Å². The predicted octanol–water partition coefficient (Wildman–Crippen LogP) is 3.54. The fourth-order valence-corrected chi connectivity index (χ4v) is 6.35. The van der Waals surface area contributed by atoms with Gasteiger partial charge in [-0.05, 0) is 67.9 Å². The largest absolute Gasteiger partial charge is 0.437 e. The summed E-state index contributed by atoms with van der Waals surface area (Å²) in [7, 11) is -6.00. The van der Waals surface area contributed by atoms with E-state index in [2.05, 4.69) is 15.0 Å². The maximum absolute atomic E-state index is 13.6. The lowest BCUT2D eigenvalue weighted by molar-refractivity contribution is 0.150. The summed E-state index contributed by atoms with van der Waals surface area (Å²) in [5.41, 5.74) is 1.57. The van der Waals surface area contributed by atoms with Gasteiger partial charge < -0.3 is 9.52 Å². The van der Waals surface area contributed by atoms with Gasteiger partial charge in [0, 0.05) is 24.0 Å². The van der Waals surface area contributed by atoms with Gasteiger partial charge in [0.25, 0.3) is 0 Å². The molecule has 13 heteroatoms. The highest BCUT2D eigenvalue weighted by Crippen LogP contribution is 2.38. The Morgan fingerprint density at radius 1 is 1.07 bits per heavy atom. The lowest BCUT2D eigenvalue weighted by Gasteiger charge is -2.23. The third-order valence-electron chi connectivity index (χ3n) is 6.33. The lowest BCUT2D eigenvalue weighted by Crippen LogP contribution is -2.35. The summed E-state index contributed by atoms with van der Waals surface area (Å²) in [5.74, 6) is -0.0165. The van der Waals surface area contributed by atoms with Crippen molar-refractivity contribution < 1.29 is 30.7 Å². The zero-order chi connectivity index (χ0) is 29.1. The van der Waals surface area contributed by atoms with Crippen LogP contribution < -0.4 is 14.3 Å². The van der Waals surface area contributed by atoms with Gasteiger partial charge in [-0.1, -0.05) is 25.1 Å². The molecule has 0 bridgehead atoms. The van der Waals surface area contributed by atoms with E-state index in [9.17, 15) is 26.3 Å². The van der Waals surface area contributed by atoms with Gasteiger partial charge >= 0.3 is 0 Å². The first kappa shape index (κ1) is 29.6. The van der Waals surface area contributed by atoms with Crippen molar-refractivity contribution in [2.24, 2.45) is 0 Å². The maximum atomic E-state index is 13.6. The van der Waals surface area contributed by atoms with Gasteiger partial charge in [-0.2, -0.15) is 4.98 Å². The lowest BCUT2D eigenvalue weighted by atomic mass is 10.0. The third-order valence-corrected chi connectivity index (χ3v) is 8.96. The van der Waals surface area contributed by atoms with Crippen LogP contribution in [0.15, 0.2) is 70.0 Å². The highest BCUT2D eigenvalue weighted by atomic mass is 32.2. The molecule has 40 heavy (non-hydrogen) atoms. The van der Waals surface area contributed by atoms with Crippen molar-refractivity contribution in [3.63, 3.8) is 0 Å². The number of sulfonamides is 2. The summed E-state index contributed by atoms with van der Waals surface area (Å²) in [6.45, 7) is 1.80. The van der Waals surface area contributed by atoms with Gasteiger partial charge in [0.05, 0.1) is 16.7 Å². The molecule has 1 atom stereocenters. The van der Waals surface area contributed by atoms with Crippen LogP contribution in [-0.2, 0) is 26.5 Å². The fraction of sp³-hybridized carbons (Fsp3) is 0.296. The molecule has 2 aromatic carbocycles. The van der Waals surface area contributed by atoms with Crippen LogP contribution in [0.4, 0.5) is 10.2 Å². The summed E-state index contributed by atoms with van der Waals surface area (Å²) in [6, 6.07) is 15.2. The number of rotatable bonds is 12. The minimum atomic E-state index is -3.82. The number of benzene rings is 2. The zero-order valence-corrected chi connectivity index (χ0v) is 23.9. The number of aryl methyl sites for hydroxylation is 1. The molecular weight excluding hydrogens is 559 g/mol. The van der Waals surface area contributed by atoms with Crippen LogP contribution in [0.1, 0.15) is 30.7 Å². The molecule has 0 fully saturated rings. The molecule has 0 aliphatic rings. The average molecular weight is 591 g/mol. The average Bonchev–Trinajstić information content (AvgIpc) is 3.30. The number of halogens is 1. The summed E-state index contributed by atoms with van der Waals surface area (Å²) in [5, 5.41) is 14.0. The zero-order valence-electron chi connectivity index (χ0n) is 22.3. The van der Waals surface area contributed by atoms with Crippen LogP contribution in [0, 0.1) is 5.82 Å². The number of pyridine rings is 1. The second-order valence-electron chi connectivity index (χ2n) is 9.12. The van der Waals surface area contributed by atoms with Gasteiger partial charge in [-0.3, -0.25) is 9.62 Å². The van der Waals surface area contributed by atoms with E-state index in [-0.39, 0.29) is 41.7 Å². The molecule has 0 radical (unpaired) electrons. The quantitative estimate of drug-likeness (QED) is 0.168. The number of aliphatic hydroxyl groups excluding tert-OH is 1. The number of hydrogen-bond acceptors (Lipinski definition) is 8. The van der Waals surface area contributed by atoms with Gasteiger partial charge in [0.1, 0.15) is 23.6 Å². The van der Waals surface area contributed by atoms with Crippen molar-refractivity contribution in [2.45, 2.75) is 30.9 Å². The normalized spacial score (nSPS) is 13.0. The third kappa shape index (κ3) is 6.34. The number of fused-ring (bicyclic) bond motifs is 1. The first-order valence-electron chi connectivity index (χ1n) is 12.6. The number of nitrogens with one attached hydrogen (secondary N) is 2. The van der Waals surface area contributed by atoms with Crippen molar-refractivity contribution in [3.05, 3.63) is 77.6 Å². The first-order valence-corrected chi connectivity index (χ1v) is 15.9. The molecule has 0 spiro atoms. The molecule has 2 aromatic heterocycles. The van der Waals surface area contributed by atoms with E-state index in [1.807, 2.05) is 6.92 Å². The molecule has 10 nitrogen and oxygen atoms in total. The second-order valence-corrected chi connectivity index (χ2v) is 12.8. The Bertz CT molecular complexity index is 1690. The van der Waals surface area contributed by atoms with E-state index < -0.39 is 32.1 Å². The van der Waals surface area contributed by atoms with E-state index in [1.54, 1.807) is 31.3 Å². The molecule has 4 aromatic rings. The molecule has 0 saturated carbocycles. The summed E-state index contributed by atoms with van der Waals surface area (Å²) in [6.07, 6.45) is 0.499. The Kier molecular flexibility index (Phi) is 8.90. The predicted molar refractivity (Wildman–Crippen MR) is 151 cm³/mol. The molecule has 2 heterocycles. The van der Waals surface area contributed by atoms with E-state index in [0.717, 1.165) is 10.6 Å². The van der Waals surface area contributed by atoms with Crippen molar-refractivity contribution >= 4 is 37.0 Å². The first-order chi connectivity index (χ1) is 19.0. The van der Waals surface area contributed by atoms with Crippen LogP contribution in [0.3, 0.4) is 0 Å². The van der Waals surface area contributed by atoms with Crippen LogP contribution >= 0.6 is 0 Å². The fourth-order valence-electron chi connectivity index (χ4n) is 4.32. The Morgan fingerprint density at radius 3 is 2.35 bits per heavy atom. The summed E-state index contributed by atoms with van der Waals surface area (Å²) >= 11 is 0. The Balaban J connectivity index is 1.69. The molecule has 3 N–H and O–H groups in total. The maximum Gasteiger partial charge on any atom is 0.240 e.